The Balaban J connectivity index is 2.44. The molecule has 0 aliphatic heterocycles. The molecule has 0 aliphatic carbocycles. The zero-order chi connectivity index (χ0) is 18.5. The lowest BCUT2D eigenvalue weighted by Crippen LogP contribution is -2.38. The van der Waals surface area contributed by atoms with E-state index >= 15 is 0 Å². The van der Waals surface area contributed by atoms with E-state index in [1.165, 1.54) is 0 Å². The number of carbonyl (C=O) groups excluding carboxylic acids is 1. The number of nitrogens with one attached hydrogen (secondary N) is 1. The first-order chi connectivity index (χ1) is 12.1. The second-order valence-corrected chi connectivity index (χ2v) is 5.38. The van der Waals surface area contributed by atoms with Gasteiger partial charge < -0.3 is 30.5 Å². The molecule has 0 radical (unpaired) electrons. The van der Waals surface area contributed by atoms with Crippen LogP contribution in [0.5, 0.6) is 0 Å². The van der Waals surface area contributed by atoms with Crippen molar-refractivity contribution in [3.63, 3.8) is 0 Å². The molecule has 2 atom stereocenters. The highest BCUT2D eigenvalue weighted by Gasteiger charge is 2.21. The molecule has 1 rings (SSSR count). The molecule has 0 aliphatic rings. The van der Waals surface area contributed by atoms with Crippen molar-refractivity contribution in [1.82, 2.24) is 5.32 Å². The first-order valence-electron chi connectivity index (χ1n) is 8.17. The van der Waals surface area contributed by atoms with Gasteiger partial charge >= 0.3 is 6.09 Å². The molecule has 0 aromatic heterocycles. The highest BCUT2D eigenvalue weighted by atomic mass is 16.6. The van der Waals surface area contributed by atoms with Crippen LogP contribution in [0.3, 0.4) is 0 Å². The van der Waals surface area contributed by atoms with E-state index in [1.807, 2.05) is 30.3 Å². The van der Waals surface area contributed by atoms with Crippen LogP contribution in [0.15, 0.2) is 35.5 Å². The largest absolute Gasteiger partial charge is 0.438 e. The molecule has 25 heavy (non-hydrogen) atoms. The zero-order valence-electron chi connectivity index (χ0n) is 14.7. The summed E-state index contributed by atoms with van der Waals surface area (Å²) >= 11 is 0. The molecule has 0 saturated carbocycles. The molecule has 4 N–H and O–H groups in total. The van der Waals surface area contributed by atoms with Crippen LogP contribution in [0, 0.1) is 0 Å². The molecular weight excluding hydrogens is 326 g/mol. The number of nitrogens with two attached hydrogens (primary N) is 1. The molecule has 0 saturated heterocycles. The molecule has 140 valence electrons. The Morgan fingerprint density at radius 3 is 2.64 bits per heavy atom. The molecule has 1 unspecified atom stereocenters. The maximum absolute atomic E-state index is 11.5. The summed E-state index contributed by atoms with van der Waals surface area (Å²) in [6, 6.07) is 9.82. The van der Waals surface area contributed by atoms with E-state index in [2.05, 4.69) is 10.5 Å². The Morgan fingerprint density at radius 1 is 1.32 bits per heavy atom. The van der Waals surface area contributed by atoms with Gasteiger partial charge in [-0.2, -0.15) is 0 Å². The van der Waals surface area contributed by atoms with Gasteiger partial charge in [-0.1, -0.05) is 35.5 Å². The summed E-state index contributed by atoms with van der Waals surface area (Å²) in [5.74, 6) is -0.161. The quantitative estimate of drug-likeness (QED) is 0.242. The fourth-order valence-corrected chi connectivity index (χ4v) is 2.14. The van der Waals surface area contributed by atoms with Gasteiger partial charge in [0.1, 0.15) is 0 Å². The van der Waals surface area contributed by atoms with Crippen LogP contribution in [0.25, 0.3) is 0 Å². The lowest BCUT2D eigenvalue weighted by Gasteiger charge is -2.20. The second kappa shape index (κ2) is 12.1. The van der Waals surface area contributed by atoms with Crippen molar-refractivity contribution in [2.45, 2.75) is 38.6 Å². The van der Waals surface area contributed by atoms with Crippen LogP contribution < -0.4 is 11.1 Å². The van der Waals surface area contributed by atoms with E-state index in [0.29, 0.717) is 32.6 Å². The Hall–Kier alpha value is -2.32. The standard InChI is InChI=1S/C17H27N3O5/c1-3-19-17(21)25-15(16(18)20-22)10-9-14(23-2)12-24-11-13-7-5-4-6-8-13/h4-8,14-15,22H,3,9-12H2,1-2H3,(H2,18,20)(H,19,21)/t14-,15?/m0/s1. The van der Waals surface area contributed by atoms with Gasteiger partial charge in [-0.3, -0.25) is 0 Å². The second-order valence-electron chi connectivity index (χ2n) is 5.38. The van der Waals surface area contributed by atoms with Gasteiger partial charge in [-0.15, -0.1) is 0 Å². The van der Waals surface area contributed by atoms with E-state index < -0.39 is 12.2 Å². The lowest BCUT2D eigenvalue weighted by molar-refractivity contribution is -0.00686. The smallest absolute Gasteiger partial charge is 0.407 e. The number of ether oxygens (including phenoxy) is 3. The van der Waals surface area contributed by atoms with Gasteiger partial charge in [0, 0.05) is 13.7 Å². The molecular formula is C17H27N3O5. The van der Waals surface area contributed by atoms with E-state index in [9.17, 15) is 4.79 Å². The molecule has 0 heterocycles. The molecule has 1 aromatic rings. The summed E-state index contributed by atoms with van der Waals surface area (Å²) in [5.41, 5.74) is 6.66. The number of rotatable bonds is 11. The fourth-order valence-electron chi connectivity index (χ4n) is 2.14. The molecule has 0 fully saturated rings. The normalized spacial score (nSPS) is 13.9. The van der Waals surface area contributed by atoms with Gasteiger partial charge in [-0.05, 0) is 25.3 Å². The molecule has 0 bridgehead atoms. The first kappa shape index (κ1) is 20.7. The zero-order valence-corrected chi connectivity index (χ0v) is 14.7. The van der Waals surface area contributed by atoms with Crippen molar-refractivity contribution in [1.29, 1.82) is 0 Å². The van der Waals surface area contributed by atoms with E-state index in [-0.39, 0.29) is 11.9 Å². The third kappa shape index (κ3) is 8.37. The Labute approximate surface area is 147 Å². The third-order valence-electron chi connectivity index (χ3n) is 3.52. The Morgan fingerprint density at radius 2 is 2.04 bits per heavy atom. The average Bonchev–Trinajstić information content (AvgIpc) is 2.63. The van der Waals surface area contributed by atoms with Crippen molar-refractivity contribution in [2.75, 3.05) is 20.3 Å². The lowest BCUT2D eigenvalue weighted by atomic mass is 10.1. The Bertz CT molecular complexity index is 524. The molecule has 0 spiro atoms. The monoisotopic (exact) mass is 353 g/mol. The van der Waals surface area contributed by atoms with E-state index in [1.54, 1.807) is 14.0 Å². The average molecular weight is 353 g/mol. The van der Waals surface area contributed by atoms with E-state index in [4.69, 9.17) is 25.2 Å². The summed E-state index contributed by atoms with van der Waals surface area (Å²) in [7, 11) is 1.58. The number of benzene rings is 1. The highest BCUT2D eigenvalue weighted by Crippen LogP contribution is 2.10. The van der Waals surface area contributed by atoms with Gasteiger partial charge in [0.2, 0.25) is 0 Å². The summed E-state index contributed by atoms with van der Waals surface area (Å²) in [4.78, 5) is 11.5. The number of amidine groups is 1. The molecule has 1 aromatic carbocycles. The van der Waals surface area contributed by atoms with Crippen molar-refractivity contribution in [3.05, 3.63) is 35.9 Å². The predicted molar refractivity (Wildman–Crippen MR) is 93.5 cm³/mol. The van der Waals surface area contributed by atoms with Crippen molar-refractivity contribution >= 4 is 11.9 Å². The maximum atomic E-state index is 11.5. The first-order valence-corrected chi connectivity index (χ1v) is 8.17. The van der Waals surface area contributed by atoms with Crippen molar-refractivity contribution < 1.29 is 24.2 Å². The van der Waals surface area contributed by atoms with Crippen LogP contribution in [-0.4, -0.2) is 49.6 Å². The van der Waals surface area contributed by atoms with Crippen molar-refractivity contribution in [2.24, 2.45) is 10.9 Å². The van der Waals surface area contributed by atoms with Gasteiger partial charge in [-0.25, -0.2) is 4.79 Å². The minimum atomic E-state index is -0.830. The third-order valence-corrected chi connectivity index (χ3v) is 3.52. The minimum absolute atomic E-state index is 0.161. The number of oxime groups is 1. The fraction of sp³-hybridized carbons (Fsp3) is 0.529. The number of hydrogen-bond donors (Lipinski definition) is 3. The Kier molecular flexibility index (Phi) is 10.0. The van der Waals surface area contributed by atoms with Crippen LogP contribution in [-0.2, 0) is 20.8 Å². The van der Waals surface area contributed by atoms with E-state index in [0.717, 1.165) is 5.56 Å². The van der Waals surface area contributed by atoms with Crippen LogP contribution >= 0.6 is 0 Å². The van der Waals surface area contributed by atoms with Gasteiger partial charge in [0.15, 0.2) is 11.9 Å². The van der Waals surface area contributed by atoms with Crippen LogP contribution in [0.1, 0.15) is 25.3 Å². The van der Waals surface area contributed by atoms with Crippen LogP contribution in [0.2, 0.25) is 0 Å². The van der Waals surface area contributed by atoms with Gasteiger partial charge in [0.25, 0.3) is 0 Å². The summed E-state index contributed by atoms with van der Waals surface area (Å²) < 4.78 is 16.2. The number of methoxy groups -OCH3 is 1. The topological polar surface area (TPSA) is 115 Å². The molecule has 1 amide bonds. The number of nitrogens with zero attached hydrogens (tertiary/aromatic N) is 1. The van der Waals surface area contributed by atoms with Gasteiger partial charge in [0.05, 0.1) is 19.3 Å². The molecule has 8 heteroatoms. The number of alkyl carbamates (subject to hydrolysis) is 1. The number of amides is 1. The number of carbonyl (C=O) groups is 1. The molecule has 8 nitrogen and oxygen atoms in total. The predicted octanol–water partition coefficient (Wildman–Crippen LogP) is 1.86. The number of hydrogen-bond acceptors (Lipinski definition) is 6. The summed E-state index contributed by atoms with van der Waals surface area (Å²) in [5, 5.41) is 14.3. The summed E-state index contributed by atoms with van der Waals surface area (Å²) in [6.07, 6.45) is -0.779. The minimum Gasteiger partial charge on any atom is -0.438 e. The SMILES string of the molecule is CCNC(=O)OC(CC[C@@H](COCc1ccccc1)OC)/C(N)=N/O. The maximum Gasteiger partial charge on any atom is 0.407 e. The van der Waals surface area contributed by atoms with Crippen LogP contribution in [0.4, 0.5) is 4.79 Å². The highest BCUT2D eigenvalue weighted by molar-refractivity contribution is 5.86. The summed E-state index contributed by atoms with van der Waals surface area (Å²) in [6.45, 7) is 3.07. The van der Waals surface area contributed by atoms with Crippen molar-refractivity contribution in [3.8, 4) is 0 Å².